The fraction of sp³-hybridized carbons (Fsp3) is 0.562. The second kappa shape index (κ2) is 7.24. The predicted octanol–water partition coefficient (Wildman–Crippen LogP) is 1.82. The first-order valence-electron chi connectivity index (χ1n) is 7.65. The number of hydrogen-bond acceptors (Lipinski definition) is 6. The van der Waals surface area contributed by atoms with Gasteiger partial charge in [0.25, 0.3) is 0 Å². The third-order valence-corrected chi connectivity index (χ3v) is 3.72. The second-order valence-corrected chi connectivity index (χ2v) is 5.26. The van der Waals surface area contributed by atoms with Gasteiger partial charge >= 0.3 is 11.9 Å². The summed E-state index contributed by atoms with van der Waals surface area (Å²) in [5.74, 6) is 0.0636. The largest absolute Gasteiger partial charge is 0.463 e. The van der Waals surface area contributed by atoms with Crippen molar-refractivity contribution in [3.63, 3.8) is 0 Å². The molecule has 1 fully saturated rings. The monoisotopic (exact) mass is 306 g/mol. The molecule has 0 aromatic carbocycles. The van der Waals surface area contributed by atoms with E-state index in [9.17, 15) is 9.59 Å². The van der Waals surface area contributed by atoms with Gasteiger partial charge in [0.05, 0.1) is 25.3 Å². The molecule has 0 bridgehead atoms. The second-order valence-electron chi connectivity index (χ2n) is 5.26. The average Bonchev–Trinajstić information content (AvgIpc) is 2.50. The number of hydrogen-bond donors (Lipinski definition) is 0. The lowest BCUT2D eigenvalue weighted by atomic mass is 9.95. The normalized spacial score (nSPS) is 22.6. The van der Waals surface area contributed by atoms with E-state index >= 15 is 0 Å². The molecule has 0 saturated carbocycles. The van der Waals surface area contributed by atoms with Gasteiger partial charge in [0.15, 0.2) is 0 Å². The van der Waals surface area contributed by atoms with Crippen molar-refractivity contribution in [2.24, 2.45) is 4.99 Å². The highest BCUT2D eigenvalue weighted by molar-refractivity contribution is 6.05. The zero-order valence-electron chi connectivity index (χ0n) is 13.3. The number of fused-ring (bicyclic) bond motifs is 1. The molecule has 120 valence electrons. The van der Waals surface area contributed by atoms with Crippen LogP contribution in [0, 0.1) is 0 Å². The van der Waals surface area contributed by atoms with Crippen LogP contribution in [0.3, 0.4) is 0 Å². The van der Waals surface area contributed by atoms with E-state index in [2.05, 4.69) is 11.9 Å². The third kappa shape index (κ3) is 3.55. The van der Waals surface area contributed by atoms with Gasteiger partial charge in [0.2, 0.25) is 0 Å². The average molecular weight is 306 g/mol. The van der Waals surface area contributed by atoms with Gasteiger partial charge in [-0.25, -0.2) is 14.6 Å². The molecule has 1 atom stereocenters. The quantitative estimate of drug-likeness (QED) is 0.585. The van der Waals surface area contributed by atoms with Crippen LogP contribution in [0.15, 0.2) is 28.4 Å². The van der Waals surface area contributed by atoms with E-state index in [1.165, 1.54) is 6.08 Å². The summed E-state index contributed by atoms with van der Waals surface area (Å²) in [5.41, 5.74) is 1.39. The van der Waals surface area contributed by atoms with Crippen molar-refractivity contribution < 1.29 is 19.1 Å². The number of amidine groups is 1. The van der Waals surface area contributed by atoms with Crippen LogP contribution >= 0.6 is 0 Å². The summed E-state index contributed by atoms with van der Waals surface area (Å²) >= 11 is 0. The van der Waals surface area contributed by atoms with Gasteiger partial charge in [-0.15, -0.1) is 0 Å². The Morgan fingerprint density at radius 2 is 2.09 bits per heavy atom. The minimum absolute atomic E-state index is 0.260. The Bertz CT molecular complexity index is 548. The molecule has 1 unspecified atom stereocenters. The number of rotatable bonds is 4. The molecule has 22 heavy (non-hydrogen) atoms. The molecule has 0 N–H and O–H groups in total. The molecule has 6 heteroatoms. The Morgan fingerprint density at radius 3 is 2.77 bits per heavy atom. The zero-order chi connectivity index (χ0) is 16.1. The van der Waals surface area contributed by atoms with Crippen LogP contribution in [0.25, 0.3) is 0 Å². The maximum Gasteiger partial charge on any atom is 0.337 e. The van der Waals surface area contributed by atoms with Gasteiger partial charge in [0, 0.05) is 23.9 Å². The van der Waals surface area contributed by atoms with E-state index in [0.29, 0.717) is 25.3 Å². The highest BCUT2D eigenvalue weighted by atomic mass is 16.5. The Hall–Kier alpha value is -2.11. The van der Waals surface area contributed by atoms with Crippen molar-refractivity contribution in [3.05, 3.63) is 23.4 Å². The Kier molecular flexibility index (Phi) is 5.35. The van der Waals surface area contributed by atoms with Crippen LogP contribution in [0.5, 0.6) is 0 Å². The van der Waals surface area contributed by atoms with Gasteiger partial charge in [-0.1, -0.05) is 0 Å². The van der Waals surface area contributed by atoms with Crippen molar-refractivity contribution in [1.82, 2.24) is 4.90 Å². The minimum atomic E-state index is -0.352. The number of carbonyl (C=O) groups is 2. The lowest BCUT2D eigenvalue weighted by molar-refractivity contribution is -0.139. The number of nitrogens with zero attached hydrogens (tertiary/aromatic N) is 2. The van der Waals surface area contributed by atoms with E-state index in [4.69, 9.17) is 9.47 Å². The molecule has 2 aliphatic heterocycles. The Balaban J connectivity index is 2.25. The summed E-state index contributed by atoms with van der Waals surface area (Å²) in [4.78, 5) is 29.9. The summed E-state index contributed by atoms with van der Waals surface area (Å²) in [6, 6.07) is 0.260. The summed E-state index contributed by atoms with van der Waals surface area (Å²) in [6.45, 7) is 6.79. The van der Waals surface area contributed by atoms with Crippen LogP contribution in [0.4, 0.5) is 0 Å². The summed E-state index contributed by atoms with van der Waals surface area (Å²) in [6.07, 6.45) is 4.73. The highest BCUT2D eigenvalue weighted by Crippen LogP contribution is 2.27. The van der Waals surface area contributed by atoms with Crippen LogP contribution in [-0.2, 0) is 19.1 Å². The van der Waals surface area contributed by atoms with Crippen molar-refractivity contribution in [3.8, 4) is 0 Å². The maximum atomic E-state index is 11.8. The summed E-state index contributed by atoms with van der Waals surface area (Å²) in [7, 11) is 0. The number of carbonyl (C=O) groups excluding carboxylic acids is 2. The number of aliphatic imine (C=N–C) groups is 1. The van der Waals surface area contributed by atoms with E-state index in [1.807, 2.05) is 4.90 Å². The molecular weight excluding hydrogens is 284 g/mol. The Morgan fingerprint density at radius 1 is 1.36 bits per heavy atom. The molecule has 0 aromatic rings. The van der Waals surface area contributed by atoms with Crippen LogP contribution in [-0.4, -0.2) is 48.5 Å². The molecule has 6 nitrogen and oxygen atoms in total. The highest BCUT2D eigenvalue weighted by Gasteiger charge is 2.31. The summed E-state index contributed by atoms with van der Waals surface area (Å²) in [5, 5.41) is 0. The van der Waals surface area contributed by atoms with Gasteiger partial charge < -0.3 is 14.4 Å². The van der Waals surface area contributed by atoms with Crippen LogP contribution in [0.2, 0.25) is 0 Å². The van der Waals surface area contributed by atoms with Gasteiger partial charge in [-0.3, -0.25) is 0 Å². The van der Waals surface area contributed by atoms with E-state index in [1.54, 1.807) is 20.0 Å². The summed E-state index contributed by atoms with van der Waals surface area (Å²) < 4.78 is 9.99. The molecule has 0 radical (unpaired) electrons. The van der Waals surface area contributed by atoms with Crippen molar-refractivity contribution in [2.45, 2.75) is 39.7 Å². The van der Waals surface area contributed by atoms with Crippen molar-refractivity contribution in [1.29, 1.82) is 0 Å². The van der Waals surface area contributed by atoms with Crippen molar-refractivity contribution >= 4 is 17.8 Å². The predicted molar refractivity (Wildman–Crippen MR) is 82.3 cm³/mol. The third-order valence-electron chi connectivity index (χ3n) is 3.72. The lowest BCUT2D eigenvalue weighted by Crippen LogP contribution is -2.46. The molecule has 0 amide bonds. The van der Waals surface area contributed by atoms with Crippen LogP contribution in [0.1, 0.15) is 33.6 Å². The molecule has 0 aromatic heterocycles. The molecule has 0 aliphatic carbocycles. The van der Waals surface area contributed by atoms with Gasteiger partial charge in [0.1, 0.15) is 5.84 Å². The number of esters is 2. The van der Waals surface area contributed by atoms with Gasteiger partial charge in [-0.05, 0) is 33.6 Å². The van der Waals surface area contributed by atoms with Crippen molar-refractivity contribution in [2.75, 3.05) is 19.8 Å². The molecular formula is C16H22N2O4. The molecule has 2 heterocycles. The number of ether oxygens (including phenoxy) is 2. The zero-order valence-corrected chi connectivity index (χ0v) is 13.3. The van der Waals surface area contributed by atoms with Gasteiger partial charge in [-0.2, -0.15) is 0 Å². The maximum absolute atomic E-state index is 11.8. The lowest BCUT2D eigenvalue weighted by Gasteiger charge is -2.39. The first kappa shape index (κ1) is 16.3. The van der Waals surface area contributed by atoms with Crippen LogP contribution < -0.4 is 0 Å². The first-order valence-corrected chi connectivity index (χ1v) is 7.65. The topological polar surface area (TPSA) is 68.2 Å². The van der Waals surface area contributed by atoms with E-state index in [0.717, 1.165) is 24.3 Å². The Labute approximate surface area is 130 Å². The molecule has 2 aliphatic rings. The smallest absolute Gasteiger partial charge is 0.337 e. The first-order chi connectivity index (χ1) is 10.6. The minimum Gasteiger partial charge on any atom is -0.463 e. The van der Waals surface area contributed by atoms with E-state index in [-0.39, 0.29) is 18.0 Å². The standard InChI is InChI=1S/C16H22N2O4/c1-4-21-14(19)8-12-7-6-11(3)18-10-13(9-17-15(12)18)16(20)22-5-2/h8-9,11H,4-7,10H2,1-3H3/b12-8-. The fourth-order valence-electron chi connectivity index (χ4n) is 2.58. The van der Waals surface area contributed by atoms with E-state index < -0.39 is 0 Å². The SMILES string of the molecule is CCOC(=O)/C=C1/CCC(C)N2CC(C(=O)OCC)=CN=C12. The molecule has 0 spiro atoms. The molecule has 1 saturated heterocycles. The molecule has 2 rings (SSSR count). The number of piperidine rings is 1. The fourth-order valence-corrected chi connectivity index (χ4v) is 2.58.